The minimum absolute atomic E-state index is 0.102. The van der Waals surface area contributed by atoms with E-state index in [0.717, 1.165) is 11.3 Å². The summed E-state index contributed by atoms with van der Waals surface area (Å²) in [6.45, 7) is 4.11. The first-order valence-corrected chi connectivity index (χ1v) is 10.9. The predicted octanol–water partition coefficient (Wildman–Crippen LogP) is 3.55. The number of hydrogen-bond donors (Lipinski definition) is 2. The first-order valence-electron chi connectivity index (χ1n) is 9.94. The molecule has 0 bridgehead atoms. The smallest absolute Gasteiger partial charge is 0.237 e. The zero-order valence-electron chi connectivity index (χ0n) is 17.3. The van der Waals surface area contributed by atoms with Gasteiger partial charge in [0.15, 0.2) is 5.82 Å². The van der Waals surface area contributed by atoms with Crippen molar-refractivity contribution in [1.82, 2.24) is 15.2 Å². The molecular formula is C22H23N5O3S. The van der Waals surface area contributed by atoms with E-state index in [2.05, 4.69) is 20.5 Å². The van der Waals surface area contributed by atoms with Gasteiger partial charge in [-0.1, -0.05) is 42.1 Å². The van der Waals surface area contributed by atoms with Gasteiger partial charge in [0.25, 0.3) is 0 Å². The normalized spacial score (nSPS) is 15.7. The zero-order valence-corrected chi connectivity index (χ0v) is 18.1. The second-order valence-corrected chi connectivity index (χ2v) is 8.23. The molecule has 1 aliphatic rings. The molecule has 2 N–H and O–H groups in total. The second kappa shape index (κ2) is 9.22. The summed E-state index contributed by atoms with van der Waals surface area (Å²) in [4.78, 5) is 31.2. The van der Waals surface area contributed by atoms with Crippen LogP contribution in [0.1, 0.15) is 24.7 Å². The molecule has 8 nitrogen and oxygen atoms in total. The number of para-hydroxylation sites is 3. The van der Waals surface area contributed by atoms with E-state index in [9.17, 15) is 9.59 Å². The number of aryl methyl sites for hydroxylation is 1. The Labute approximate surface area is 184 Å². The second-order valence-electron chi connectivity index (χ2n) is 7.29. The molecule has 2 heterocycles. The first kappa shape index (κ1) is 20.9. The summed E-state index contributed by atoms with van der Waals surface area (Å²) in [6, 6.07) is 14.8. The fourth-order valence-corrected chi connectivity index (χ4v) is 4.11. The molecule has 2 aromatic carbocycles. The maximum absolute atomic E-state index is 13.0. The number of nitrogens with one attached hydrogen (secondary N) is 2. The van der Waals surface area contributed by atoms with Gasteiger partial charge in [0, 0.05) is 12.5 Å². The highest BCUT2D eigenvalue weighted by atomic mass is 32.2. The van der Waals surface area contributed by atoms with E-state index in [4.69, 9.17) is 4.74 Å². The molecule has 0 fully saturated rings. The van der Waals surface area contributed by atoms with E-state index in [1.165, 1.54) is 11.8 Å². The van der Waals surface area contributed by atoms with Gasteiger partial charge in [-0.2, -0.15) is 0 Å². The highest BCUT2D eigenvalue weighted by Gasteiger charge is 2.29. The molecule has 0 aliphatic carbocycles. The Kier molecular flexibility index (Phi) is 6.22. The van der Waals surface area contributed by atoms with Crippen LogP contribution in [0, 0.1) is 6.92 Å². The maximum atomic E-state index is 13.0. The third kappa shape index (κ3) is 4.88. The number of ether oxygens (including phenoxy) is 1. The zero-order chi connectivity index (χ0) is 21.8. The Bertz CT molecular complexity index is 1100. The monoisotopic (exact) mass is 437 g/mol. The van der Waals surface area contributed by atoms with Crippen LogP contribution in [0.3, 0.4) is 0 Å². The lowest BCUT2D eigenvalue weighted by Crippen LogP contribution is -2.40. The number of H-pyrrole nitrogens is 1. The van der Waals surface area contributed by atoms with Gasteiger partial charge >= 0.3 is 0 Å². The summed E-state index contributed by atoms with van der Waals surface area (Å²) >= 11 is 1.25. The van der Waals surface area contributed by atoms with Crippen molar-refractivity contribution in [3.05, 3.63) is 59.9 Å². The van der Waals surface area contributed by atoms with Crippen molar-refractivity contribution < 1.29 is 14.3 Å². The van der Waals surface area contributed by atoms with Crippen LogP contribution in [-0.4, -0.2) is 38.8 Å². The Morgan fingerprint density at radius 1 is 1.23 bits per heavy atom. The van der Waals surface area contributed by atoms with Crippen molar-refractivity contribution >= 4 is 35.0 Å². The van der Waals surface area contributed by atoms with Gasteiger partial charge in [-0.25, -0.2) is 4.98 Å². The predicted molar refractivity (Wildman–Crippen MR) is 119 cm³/mol. The van der Waals surface area contributed by atoms with Crippen LogP contribution < -0.4 is 15.0 Å². The average molecular weight is 438 g/mol. The van der Waals surface area contributed by atoms with Gasteiger partial charge in [0.1, 0.15) is 12.4 Å². The molecule has 1 atom stereocenters. The molecule has 31 heavy (non-hydrogen) atoms. The summed E-state index contributed by atoms with van der Waals surface area (Å²) in [5, 5.41) is 10.4. The number of nitrogens with zero attached hydrogens (tertiary/aromatic N) is 3. The lowest BCUT2D eigenvalue weighted by molar-refractivity contribution is -0.117. The molecule has 0 saturated carbocycles. The molecule has 160 valence electrons. The van der Waals surface area contributed by atoms with Gasteiger partial charge in [-0.3, -0.25) is 14.7 Å². The van der Waals surface area contributed by atoms with E-state index in [-0.39, 0.29) is 36.6 Å². The van der Waals surface area contributed by atoms with E-state index >= 15 is 0 Å². The molecule has 0 radical (unpaired) electrons. The average Bonchev–Trinajstić information content (AvgIpc) is 3.15. The minimum Gasteiger partial charge on any atom is -0.485 e. The van der Waals surface area contributed by atoms with E-state index in [1.54, 1.807) is 11.0 Å². The molecular weight excluding hydrogens is 414 g/mol. The minimum atomic E-state index is -0.248. The van der Waals surface area contributed by atoms with Crippen molar-refractivity contribution in [3.8, 4) is 5.75 Å². The number of carbonyl (C=O) groups is 2. The largest absolute Gasteiger partial charge is 0.485 e. The molecule has 0 unspecified atom stereocenters. The van der Waals surface area contributed by atoms with Crippen molar-refractivity contribution in [2.75, 3.05) is 16.0 Å². The highest BCUT2D eigenvalue weighted by molar-refractivity contribution is 7.99. The molecule has 1 aliphatic heterocycles. The fourth-order valence-electron chi connectivity index (χ4n) is 3.44. The maximum Gasteiger partial charge on any atom is 0.237 e. The molecule has 3 aromatic rings. The summed E-state index contributed by atoms with van der Waals surface area (Å²) in [6.07, 6.45) is 0.242. The number of carbonyl (C=O) groups excluding carboxylic acids is 2. The van der Waals surface area contributed by atoms with Gasteiger partial charge in [-0.05, 0) is 37.6 Å². The van der Waals surface area contributed by atoms with Crippen LogP contribution in [0.15, 0.2) is 53.7 Å². The number of anilines is 2. The third-order valence-corrected chi connectivity index (χ3v) is 5.75. The summed E-state index contributed by atoms with van der Waals surface area (Å²) in [5.74, 6) is 1.32. The molecule has 0 spiro atoms. The Morgan fingerprint density at radius 3 is 2.84 bits per heavy atom. The van der Waals surface area contributed by atoms with Gasteiger partial charge < -0.3 is 15.0 Å². The summed E-state index contributed by atoms with van der Waals surface area (Å²) < 4.78 is 5.78. The SMILES string of the molecule is Cc1ccccc1OCc1nc(SCC(=O)N2c3ccccc3NC(=O)C[C@@H]2C)n[nH]1. The number of amides is 2. The van der Waals surface area contributed by atoms with Crippen LogP contribution in [-0.2, 0) is 16.2 Å². The number of rotatable bonds is 6. The van der Waals surface area contributed by atoms with Crippen molar-refractivity contribution in [1.29, 1.82) is 0 Å². The van der Waals surface area contributed by atoms with E-state index in [0.29, 0.717) is 22.4 Å². The number of aromatic amines is 1. The Hall–Kier alpha value is -3.33. The van der Waals surface area contributed by atoms with Crippen LogP contribution in [0.4, 0.5) is 11.4 Å². The Morgan fingerprint density at radius 2 is 2.00 bits per heavy atom. The number of aromatic nitrogens is 3. The lowest BCUT2D eigenvalue weighted by atomic mass is 10.2. The molecule has 1 aromatic heterocycles. The molecule has 2 amide bonds. The van der Waals surface area contributed by atoms with Crippen molar-refractivity contribution in [2.45, 2.75) is 38.1 Å². The van der Waals surface area contributed by atoms with Crippen molar-refractivity contribution in [2.24, 2.45) is 0 Å². The van der Waals surface area contributed by atoms with Crippen molar-refractivity contribution in [3.63, 3.8) is 0 Å². The van der Waals surface area contributed by atoms with Crippen LogP contribution in [0.2, 0.25) is 0 Å². The fraction of sp³-hybridized carbons (Fsp3) is 0.273. The Balaban J connectivity index is 1.39. The summed E-state index contributed by atoms with van der Waals surface area (Å²) in [7, 11) is 0. The molecule has 9 heteroatoms. The number of hydrogen-bond acceptors (Lipinski definition) is 6. The first-order chi connectivity index (χ1) is 15.0. The van der Waals surface area contributed by atoms with Crippen LogP contribution >= 0.6 is 11.8 Å². The lowest BCUT2D eigenvalue weighted by Gasteiger charge is -2.27. The summed E-state index contributed by atoms with van der Waals surface area (Å²) in [5.41, 5.74) is 2.39. The van der Waals surface area contributed by atoms with E-state index in [1.807, 2.05) is 56.3 Å². The number of fused-ring (bicyclic) bond motifs is 1. The molecule has 4 rings (SSSR count). The topological polar surface area (TPSA) is 100 Å². The highest BCUT2D eigenvalue weighted by Crippen LogP contribution is 2.32. The van der Waals surface area contributed by atoms with E-state index < -0.39 is 0 Å². The van der Waals surface area contributed by atoms with Crippen LogP contribution in [0.25, 0.3) is 0 Å². The van der Waals surface area contributed by atoms with Gasteiger partial charge in [0.05, 0.1) is 17.1 Å². The van der Waals surface area contributed by atoms with Crippen LogP contribution in [0.5, 0.6) is 5.75 Å². The number of benzene rings is 2. The standard InChI is InChI=1S/C22H23N5O3S/c1-14-7-3-6-10-18(14)30-12-19-24-22(26-25-19)31-13-21(29)27-15(2)11-20(28)23-16-8-4-5-9-17(16)27/h3-10,15H,11-13H2,1-2H3,(H,23,28)(H,24,25,26)/t15-/m0/s1. The quantitative estimate of drug-likeness (QED) is 0.572. The van der Waals surface area contributed by atoms with Gasteiger partial charge in [0.2, 0.25) is 17.0 Å². The van der Waals surface area contributed by atoms with Gasteiger partial charge in [-0.15, -0.1) is 5.10 Å². The number of thioether (sulfide) groups is 1. The molecule has 0 saturated heterocycles. The third-order valence-electron chi connectivity index (χ3n) is 4.92.